The summed E-state index contributed by atoms with van der Waals surface area (Å²) in [7, 11) is 0. The fourth-order valence-corrected chi connectivity index (χ4v) is 1.95. The van der Waals surface area contributed by atoms with Gasteiger partial charge in [0.2, 0.25) is 0 Å². The first-order valence-corrected chi connectivity index (χ1v) is 5.17. The molecule has 0 N–H and O–H groups in total. The number of benzene rings is 2. The van der Waals surface area contributed by atoms with Gasteiger partial charge < -0.3 is 0 Å². The van der Waals surface area contributed by atoms with E-state index in [0.717, 1.165) is 22.5 Å². The zero-order valence-corrected chi connectivity index (χ0v) is 8.88. The van der Waals surface area contributed by atoms with Crippen LogP contribution < -0.4 is 5.43 Å². The second-order valence-corrected chi connectivity index (χ2v) is 3.78. The molecular weight excluding hydrogens is 198 g/mol. The van der Waals surface area contributed by atoms with Gasteiger partial charge in [-0.25, -0.2) is 0 Å². The predicted molar refractivity (Wildman–Crippen MR) is 62.9 cm³/mol. The van der Waals surface area contributed by atoms with Gasteiger partial charge in [0.25, 0.3) is 0 Å². The van der Waals surface area contributed by atoms with E-state index in [1.165, 1.54) is 5.56 Å². The number of rotatable bonds is 1. The summed E-state index contributed by atoms with van der Waals surface area (Å²) in [5.41, 5.74) is 9.20. The molecule has 1 heterocycles. The lowest BCUT2D eigenvalue weighted by molar-refractivity contribution is 0.923. The Balaban J connectivity index is 2.28. The van der Waals surface area contributed by atoms with Gasteiger partial charge >= 0.3 is 0 Å². The third-order valence-corrected chi connectivity index (χ3v) is 2.72. The van der Waals surface area contributed by atoms with E-state index >= 15 is 0 Å². The van der Waals surface area contributed by atoms with Gasteiger partial charge in [-0.2, -0.15) is 0 Å². The fraction of sp³-hybridized carbons (Fsp3) is 0.0769. The first kappa shape index (κ1) is 9.09. The molecule has 0 saturated heterocycles. The molecule has 2 aromatic carbocycles. The van der Waals surface area contributed by atoms with Crippen LogP contribution in [0.25, 0.3) is 11.1 Å². The molecule has 0 unspecified atom stereocenters. The lowest BCUT2D eigenvalue weighted by Crippen LogP contribution is -1.86. The van der Waals surface area contributed by atoms with E-state index in [2.05, 4.69) is 40.9 Å². The molecule has 0 atom stereocenters. The van der Waals surface area contributed by atoms with Gasteiger partial charge in [0.1, 0.15) is 11.4 Å². The molecule has 1 aliphatic rings. The second-order valence-electron chi connectivity index (χ2n) is 3.78. The molecule has 1 aliphatic heterocycles. The van der Waals surface area contributed by atoms with Crippen molar-refractivity contribution < 1.29 is 0 Å². The molecule has 16 heavy (non-hydrogen) atoms. The highest BCUT2D eigenvalue weighted by Crippen LogP contribution is 2.41. The van der Waals surface area contributed by atoms with Gasteiger partial charge in [0.05, 0.1) is 0 Å². The van der Waals surface area contributed by atoms with Crippen LogP contribution in [0.1, 0.15) is 5.56 Å². The quantitative estimate of drug-likeness (QED) is 0.681. The van der Waals surface area contributed by atoms with Crippen LogP contribution >= 0.6 is 0 Å². The highest BCUT2D eigenvalue weighted by atomic mass is 15.5. The van der Waals surface area contributed by atoms with Crippen LogP contribution in [0.4, 0.5) is 11.4 Å². The first-order valence-electron chi connectivity index (χ1n) is 5.17. The average Bonchev–Trinajstić information content (AvgIpc) is 2.78. The highest BCUT2D eigenvalue weighted by Gasteiger charge is 2.17. The van der Waals surface area contributed by atoms with Gasteiger partial charge in [-0.1, -0.05) is 36.4 Å². The van der Waals surface area contributed by atoms with Crippen LogP contribution in [-0.4, -0.2) is 0 Å². The van der Waals surface area contributed by atoms with Gasteiger partial charge in [0, 0.05) is 5.56 Å². The molecule has 0 fully saturated rings. The smallest absolute Gasteiger partial charge is 0.123 e. The summed E-state index contributed by atoms with van der Waals surface area (Å²) in [6, 6.07) is 14.2. The van der Waals surface area contributed by atoms with Crippen molar-refractivity contribution in [2.24, 2.45) is 10.3 Å². The number of fused-ring (bicyclic) bond motifs is 1. The molecule has 3 rings (SSSR count). The maximum absolute atomic E-state index is 4.09. The maximum atomic E-state index is 4.09. The van der Waals surface area contributed by atoms with Crippen molar-refractivity contribution in [2.45, 2.75) is 6.92 Å². The molecule has 0 amide bonds. The molecule has 1 radical (unpaired) electrons. The maximum Gasteiger partial charge on any atom is 0.123 e. The van der Waals surface area contributed by atoms with E-state index in [1.54, 1.807) is 0 Å². The molecule has 3 nitrogen and oxygen atoms in total. The summed E-state index contributed by atoms with van der Waals surface area (Å²) in [4.78, 5) is 0. The molecule has 77 valence electrons. The molecule has 0 aliphatic carbocycles. The molecule has 3 heteroatoms. The van der Waals surface area contributed by atoms with Gasteiger partial charge in [0.15, 0.2) is 0 Å². The summed E-state index contributed by atoms with van der Waals surface area (Å²) >= 11 is 0. The predicted octanol–water partition coefficient (Wildman–Crippen LogP) is 3.91. The lowest BCUT2D eigenvalue weighted by Gasteiger charge is -2.08. The summed E-state index contributed by atoms with van der Waals surface area (Å²) in [6.45, 7) is 2.08. The summed E-state index contributed by atoms with van der Waals surface area (Å²) in [5.74, 6) is 0. The van der Waals surface area contributed by atoms with Crippen LogP contribution in [0.5, 0.6) is 0 Å². The van der Waals surface area contributed by atoms with Crippen molar-refractivity contribution in [3.8, 4) is 11.1 Å². The molecule has 0 aromatic heterocycles. The Morgan fingerprint density at radius 1 is 0.938 bits per heavy atom. The number of nitrogens with zero attached hydrogens (tertiary/aromatic N) is 3. The monoisotopic (exact) mass is 208 g/mol. The normalized spacial score (nSPS) is 12.3. The Morgan fingerprint density at radius 2 is 1.75 bits per heavy atom. The van der Waals surface area contributed by atoms with Crippen LogP contribution in [0.3, 0.4) is 0 Å². The highest BCUT2D eigenvalue weighted by molar-refractivity contribution is 5.86. The largest absolute Gasteiger partial charge is 0.128 e. The fourth-order valence-electron chi connectivity index (χ4n) is 1.95. The van der Waals surface area contributed by atoms with E-state index in [1.807, 2.05) is 24.3 Å². The van der Waals surface area contributed by atoms with Crippen LogP contribution in [0, 0.1) is 6.92 Å². The van der Waals surface area contributed by atoms with Crippen molar-refractivity contribution in [3.05, 3.63) is 48.0 Å². The Labute approximate surface area is 93.8 Å². The van der Waals surface area contributed by atoms with E-state index in [-0.39, 0.29) is 0 Å². The minimum absolute atomic E-state index is 0.851. The molecule has 0 bridgehead atoms. The van der Waals surface area contributed by atoms with E-state index in [9.17, 15) is 0 Å². The van der Waals surface area contributed by atoms with Crippen molar-refractivity contribution in [2.75, 3.05) is 0 Å². The number of aryl methyl sites for hydroxylation is 1. The average molecular weight is 208 g/mol. The Hall–Kier alpha value is -2.16. The second kappa shape index (κ2) is 3.45. The number of hydrogen-bond acceptors (Lipinski definition) is 2. The van der Waals surface area contributed by atoms with Crippen molar-refractivity contribution in [3.63, 3.8) is 0 Å². The van der Waals surface area contributed by atoms with Crippen LogP contribution in [-0.2, 0) is 0 Å². The Bertz CT molecular complexity index is 559. The molecule has 2 aromatic rings. The van der Waals surface area contributed by atoms with E-state index in [0.29, 0.717) is 0 Å². The third kappa shape index (κ3) is 1.29. The Kier molecular flexibility index (Phi) is 1.96. The summed E-state index contributed by atoms with van der Waals surface area (Å²) < 4.78 is 0. The van der Waals surface area contributed by atoms with Crippen molar-refractivity contribution in [1.29, 1.82) is 0 Å². The zero-order valence-electron chi connectivity index (χ0n) is 8.88. The van der Waals surface area contributed by atoms with Gasteiger partial charge in [-0.3, -0.25) is 0 Å². The van der Waals surface area contributed by atoms with E-state index < -0.39 is 0 Å². The number of hydrogen-bond donors (Lipinski definition) is 0. The third-order valence-electron chi connectivity index (χ3n) is 2.72. The lowest BCUT2D eigenvalue weighted by atomic mass is 9.98. The van der Waals surface area contributed by atoms with Crippen molar-refractivity contribution in [1.82, 2.24) is 5.43 Å². The molecular formula is C13H10N3. The molecule has 0 saturated carbocycles. The van der Waals surface area contributed by atoms with Crippen LogP contribution in [0.2, 0.25) is 0 Å². The first-order chi connectivity index (χ1) is 7.86. The molecule has 0 spiro atoms. The Morgan fingerprint density at radius 3 is 2.56 bits per heavy atom. The topological polar surface area (TPSA) is 38.8 Å². The van der Waals surface area contributed by atoms with Crippen LogP contribution in [0.15, 0.2) is 52.8 Å². The van der Waals surface area contributed by atoms with Gasteiger partial charge in [-0.05, 0) is 29.3 Å². The summed E-state index contributed by atoms with van der Waals surface area (Å²) in [6.07, 6.45) is 0. The van der Waals surface area contributed by atoms with E-state index in [4.69, 9.17) is 0 Å². The van der Waals surface area contributed by atoms with Crippen molar-refractivity contribution >= 4 is 11.4 Å². The summed E-state index contributed by atoms with van der Waals surface area (Å²) in [5, 5.41) is 7.82. The van der Waals surface area contributed by atoms with Gasteiger partial charge in [-0.15, -0.1) is 10.5 Å². The SMILES string of the molecule is Cc1ccc2c(c1-c1ccccc1)N=N[N]2. The minimum Gasteiger partial charge on any atom is -0.128 e. The standard InChI is InChI=1S/C13H10N3/c1-9-7-8-11-13(15-16-14-11)12(9)10-5-3-2-4-6-10/h2-8H,1H3. The zero-order chi connectivity index (χ0) is 11.0. The minimum atomic E-state index is 0.851.